The quantitative estimate of drug-likeness (QED) is 0.559. The number of benzene rings is 1. The number of amides is 1. The van der Waals surface area contributed by atoms with E-state index in [1.54, 1.807) is 26.0 Å². The first-order chi connectivity index (χ1) is 14.5. The lowest BCUT2D eigenvalue weighted by atomic mass is 9.70. The average molecular weight is 425 g/mol. The van der Waals surface area contributed by atoms with Crippen LogP contribution in [0.2, 0.25) is 0 Å². The molecule has 2 heterocycles. The fourth-order valence-corrected chi connectivity index (χ4v) is 4.49. The van der Waals surface area contributed by atoms with Gasteiger partial charge in [0.15, 0.2) is 11.6 Å². The third-order valence-electron chi connectivity index (χ3n) is 5.92. The zero-order valence-corrected chi connectivity index (χ0v) is 17.5. The van der Waals surface area contributed by atoms with Crippen LogP contribution in [0.15, 0.2) is 46.9 Å². The van der Waals surface area contributed by atoms with Crippen LogP contribution in [0.1, 0.15) is 42.6 Å². The minimum Gasteiger partial charge on any atom is -0.512 e. The second-order valence-electron chi connectivity index (χ2n) is 8.98. The molecule has 1 saturated heterocycles. The number of ketones is 2. The Morgan fingerprint density at radius 1 is 1.10 bits per heavy atom. The number of aliphatic hydroxyl groups excluding tert-OH is 1. The predicted molar refractivity (Wildman–Crippen MR) is 108 cm³/mol. The van der Waals surface area contributed by atoms with E-state index in [-0.39, 0.29) is 37.3 Å². The number of cyclic esters (lactones) is 1. The number of allylic oxidation sites excluding steroid dienone is 1. The van der Waals surface area contributed by atoms with E-state index in [2.05, 4.69) is 0 Å². The molecule has 2 N–H and O–H groups in total. The monoisotopic (exact) mass is 425 g/mol. The molecule has 3 aliphatic rings. The molecule has 8 nitrogen and oxygen atoms in total. The molecule has 0 bridgehead atoms. The Morgan fingerprint density at radius 3 is 2.35 bits per heavy atom. The molecule has 1 aromatic rings. The number of carbonyl (C=O) groups is 4. The number of carbonyl (C=O) groups excluding carboxylic acids is 4. The lowest BCUT2D eigenvalue weighted by Crippen LogP contribution is -2.51. The van der Waals surface area contributed by atoms with Crippen molar-refractivity contribution in [3.05, 3.63) is 58.0 Å². The van der Waals surface area contributed by atoms with Gasteiger partial charge in [-0.3, -0.25) is 19.3 Å². The van der Waals surface area contributed by atoms with Crippen LogP contribution in [0.4, 0.5) is 0 Å². The van der Waals surface area contributed by atoms with Gasteiger partial charge >= 0.3 is 5.97 Å². The summed E-state index contributed by atoms with van der Waals surface area (Å²) in [5, 5.41) is 22.4. The molecule has 0 spiro atoms. The maximum atomic E-state index is 13.5. The number of hydrogen-bond acceptors (Lipinski definition) is 7. The number of ether oxygens (including phenoxy) is 1. The van der Waals surface area contributed by atoms with Gasteiger partial charge in [-0.05, 0) is 12.3 Å². The van der Waals surface area contributed by atoms with Crippen molar-refractivity contribution in [3.63, 3.8) is 0 Å². The summed E-state index contributed by atoms with van der Waals surface area (Å²) in [5.74, 6) is -3.84. The highest BCUT2D eigenvalue weighted by Gasteiger charge is 2.62. The molecule has 0 saturated carbocycles. The van der Waals surface area contributed by atoms with Crippen molar-refractivity contribution in [2.75, 3.05) is 13.2 Å². The van der Waals surface area contributed by atoms with E-state index < -0.39 is 51.4 Å². The van der Waals surface area contributed by atoms with Gasteiger partial charge in [-0.15, -0.1) is 0 Å². The van der Waals surface area contributed by atoms with Crippen LogP contribution in [0.25, 0.3) is 0 Å². The van der Waals surface area contributed by atoms with Crippen LogP contribution in [-0.2, 0) is 19.1 Å². The largest absolute Gasteiger partial charge is 0.512 e. The molecule has 1 amide bonds. The minimum atomic E-state index is -2.77. The van der Waals surface area contributed by atoms with Crippen LogP contribution in [0.3, 0.4) is 0 Å². The highest BCUT2D eigenvalue weighted by molar-refractivity contribution is 6.25. The fraction of sp³-hybridized carbons (Fsp3) is 0.391. The molecule has 1 aromatic carbocycles. The van der Waals surface area contributed by atoms with Crippen molar-refractivity contribution in [2.45, 2.75) is 39.2 Å². The number of esters is 1. The number of nitrogens with zero attached hydrogens (tertiary/aromatic N) is 1. The molecule has 1 aliphatic carbocycles. The van der Waals surface area contributed by atoms with Gasteiger partial charge in [0.05, 0.1) is 17.7 Å². The zero-order valence-electron chi connectivity index (χ0n) is 17.5. The molecule has 0 radical (unpaired) electrons. The summed E-state index contributed by atoms with van der Waals surface area (Å²) in [4.78, 5) is 53.3. The first kappa shape index (κ1) is 21.0. The molecular formula is C23H23NO7. The van der Waals surface area contributed by atoms with Crippen molar-refractivity contribution in [1.82, 2.24) is 4.90 Å². The van der Waals surface area contributed by atoms with Crippen molar-refractivity contribution in [1.29, 1.82) is 0 Å². The lowest BCUT2D eigenvalue weighted by Gasteiger charge is -2.35. The molecule has 4 rings (SSSR count). The fourth-order valence-electron chi connectivity index (χ4n) is 4.49. The van der Waals surface area contributed by atoms with E-state index >= 15 is 0 Å². The second-order valence-corrected chi connectivity index (χ2v) is 8.98. The van der Waals surface area contributed by atoms with E-state index in [9.17, 15) is 29.4 Å². The van der Waals surface area contributed by atoms with Gasteiger partial charge in [-0.25, -0.2) is 4.79 Å². The Kier molecular flexibility index (Phi) is 4.66. The summed E-state index contributed by atoms with van der Waals surface area (Å²) in [6, 6.07) is 6.37. The number of rotatable bonds is 3. The van der Waals surface area contributed by atoms with Gasteiger partial charge < -0.3 is 14.9 Å². The summed E-state index contributed by atoms with van der Waals surface area (Å²) >= 11 is 0. The molecule has 31 heavy (non-hydrogen) atoms. The van der Waals surface area contributed by atoms with Crippen molar-refractivity contribution < 1.29 is 34.1 Å². The normalized spacial score (nSPS) is 25.7. The van der Waals surface area contributed by atoms with Gasteiger partial charge in [0.1, 0.15) is 18.1 Å². The summed E-state index contributed by atoms with van der Waals surface area (Å²) in [7, 11) is 0. The molecule has 2 aliphatic heterocycles. The number of hydrogen-bond donors (Lipinski definition) is 2. The van der Waals surface area contributed by atoms with Crippen molar-refractivity contribution in [3.8, 4) is 0 Å². The Hall–Kier alpha value is -3.26. The van der Waals surface area contributed by atoms with Crippen molar-refractivity contribution >= 4 is 23.4 Å². The van der Waals surface area contributed by atoms with Gasteiger partial charge in [0.25, 0.3) is 5.91 Å². The van der Waals surface area contributed by atoms with Crippen LogP contribution >= 0.6 is 0 Å². The summed E-state index contributed by atoms with van der Waals surface area (Å²) in [5.41, 5.74) is -3.81. The SMILES string of the molecule is Cc1ccc(C(=O)C2=C3C(=O)OCCN3C(=O)C2(O)C2=C(O)CC(C)(C)CC2=O)cc1. The maximum absolute atomic E-state index is 13.5. The Labute approximate surface area is 178 Å². The topological polar surface area (TPSA) is 121 Å². The minimum absolute atomic E-state index is 0.0340. The Balaban J connectivity index is 1.97. The molecule has 1 fully saturated rings. The zero-order chi connectivity index (χ0) is 22.7. The number of fused-ring (bicyclic) bond motifs is 1. The number of morpholine rings is 1. The molecule has 1 unspecified atom stereocenters. The smallest absolute Gasteiger partial charge is 0.355 e. The van der Waals surface area contributed by atoms with Crippen LogP contribution in [0, 0.1) is 12.3 Å². The molecule has 1 atom stereocenters. The number of aliphatic hydroxyl groups is 2. The number of aryl methyl sites for hydroxylation is 1. The molecule has 162 valence electrons. The van der Waals surface area contributed by atoms with Gasteiger partial charge in [0.2, 0.25) is 5.60 Å². The molecule has 8 heteroatoms. The maximum Gasteiger partial charge on any atom is 0.355 e. The highest BCUT2D eigenvalue weighted by Crippen LogP contribution is 2.47. The van der Waals surface area contributed by atoms with Gasteiger partial charge in [-0.2, -0.15) is 0 Å². The van der Waals surface area contributed by atoms with Crippen LogP contribution in [0.5, 0.6) is 0 Å². The summed E-state index contributed by atoms with van der Waals surface area (Å²) < 4.78 is 5.03. The first-order valence-electron chi connectivity index (χ1n) is 10.0. The van der Waals surface area contributed by atoms with Crippen LogP contribution in [-0.4, -0.2) is 57.3 Å². The van der Waals surface area contributed by atoms with E-state index in [0.717, 1.165) is 10.5 Å². The lowest BCUT2D eigenvalue weighted by molar-refractivity contribution is -0.152. The third kappa shape index (κ3) is 3.09. The Morgan fingerprint density at radius 2 is 1.74 bits per heavy atom. The highest BCUT2D eigenvalue weighted by atomic mass is 16.5. The van der Waals surface area contributed by atoms with Gasteiger partial charge in [0, 0.05) is 18.4 Å². The second kappa shape index (κ2) is 6.88. The van der Waals surface area contributed by atoms with Crippen molar-refractivity contribution in [2.24, 2.45) is 5.41 Å². The number of Topliss-reactive ketones (excluding diaryl/α,β-unsaturated/α-hetero) is 2. The third-order valence-corrected chi connectivity index (χ3v) is 5.92. The van der Waals surface area contributed by atoms with Crippen LogP contribution < -0.4 is 0 Å². The summed E-state index contributed by atoms with van der Waals surface area (Å²) in [6.45, 7) is 5.20. The van der Waals surface area contributed by atoms with E-state index in [4.69, 9.17) is 4.74 Å². The average Bonchev–Trinajstić information content (AvgIpc) is 2.89. The van der Waals surface area contributed by atoms with E-state index in [1.165, 1.54) is 12.1 Å². The molecular weight excluding hydrogens is 402 g/mol. The Bertz CT molecular complexity index is 1090. The molecule has 0 aromatic heterocycles. The standard InChI is InChI=1S/C23H23NO7/c1-12-4-6-13(7-5-12)19(27)17-18-20(28)31-9-8-24(18)21(29)23(17,30)16-14(25)10-22(2,3)11-15(16)26/h4-7,25,30H,8-11H2,1-3H3. The van der Waals surface area contributed by atoms with E-state index in [1.807, 2.05) is 6.92 Å². The van der Waals surface area contributed by atoms with E-state index in [0.29, 0.717) is 0 Å². The summed E-state index contributed by atoms with van der Waals surface area (Å²) in [6.07, 6.45) is 0.00319. The predicted octanol–water partition coefficient (Wildman–Crippen LogP) is 1.76. The first-order valence-corrected chi connectivity index (χ1v) is 10.0. The van der Waals surface area contributed by atoms with Gasteiger partial charge in [-0.1, -0.05) is 43.7 Å².